The minimum absolute atomic E-state index is 0.307. The van der Waals surface area contributed by atoms with Crippen molar-refractivity contribution in [1.82, 2.24) is 0 Å². The molecule has 0 aliphatic heterocycles. The van der Waals surface area contributed by atoms with Crippen LogP contribution in [-0.4, -0.2) is 0 Å². The number of para-hydroxylation sites is 1. The molecule has 0 bridgehead atoms. The van der Waals surface area contributed by atoms with Gasteiger partial charge in [-0.3, -0.25) is 0 Å². The fraction of sp³-hybridized carbons (Fsp3) is 0. The molecule has 0 saturated heterocycles. The second-order valence-corrected chi connectivity index (χ2v) is 3.66. The van der Waals surface area contributed by atoms with E-state index in [-0.39, 0.29) is 0 Å². The second-order valence-electron chi connectivity index (χ2n) is 3.25. The molecule has 2 aromatic carbocycles. The van der Waals surface area contributed by atoms with Gasteiger partial charge >= 0.3 is 0 Å². The largest absolute Gasteiger partial charge is 0.456 e. The number of nitrogens with two attached hydrogens (primary N) is 1. The van der Waals surface area contributed by atoms with Crippen molar-refractivity contribution >= 4 is 17.3 Å². The number of ether oxygens (including phenoxy) is 1. The Balaban J connectivity index is 2.30. The normalized spacial score (nSPS) is 10.1. The number of benzene rings is 2. The molecule has 2 nitrogen and oxygen atoms in total. The van der Waals surface area contributed by atoms with Crippen molar-refractivity contribution in [2.24, 2.45) is 0 Å². The van der Waals surface area contributed by atoms with E-state index in [9.17, 15) is 4.39 Å². The fourth-order valence-corrected chi connectivity index (χ4v) is 1.47. The van der Waals surface area contributed by atoms with Crippen molar-refractivity contribution in [1.29, 1.82) is 0 Å². The summed E-state index contributed by atoms with van der Waals surface area (Å²) < 4.78 is 18.5. The predicted octanol–water partition coefficient (Wildman–Crippen LogP) is 3.85. The van der Waals surface area contributed by atoms with Gasteiger partial charge in [0.15, 0.2) is 0 Å². The maximum absolute atomic E-state index is 13.0. The van der Waals surface area contributed by atoms with E-state index < -0.39 is 5.82 Å². The van der Waals surface area contributed by atoms with E-state index in [2.05, 4.69) is 0 Å². The zero-order valence-electron chi connectivity index (χ0n) is 8.28. The first-order valence-corrected chi connectivity index (χ1v) is 5.01. The van der Waals surface area contributed by atoms with Crippen LogP contribution in [0.2, 0.25) is 5.02 Å². The molecule has 0 aliphatic carbocycles. The van der Waals surface area contributed by atoms with Gasteiger partial charge in [0.05, 0.1) is 5.02 Å². The molecule has 0 saturated carbocycles. The van der Waals surface area contributed by atoms with Gasteiger partial charge in [-0.2, -0.15) is 0 Å². The Hall–Kier alpha value is -1.74. The van der Waals surface area contributed by atoms with Crippen LogP contribution in [-0.2, 0) is 0 Å². The van der Waals surface area contributed by atoms with Gasteiger partial charge < -0.3 is 10.5 Å². The van der Waals surface area contributed by atoms with Crippen molar-refractivity contribution in [2.45, 2.75) is 0 Å². The fourth-order valence-electron chi connectivity index (χ4n) is 1.30. The van der Waals surface area contributed by atoms with Crippen molar-refractivity contribution in [3.05, 3.63) is 53.3 Å². The quantitative estimate of drug-likeness (QED) is 0.805. The Morgan fingerprint density at radius 2 is 1.88 bits per heavy atom. The van der Waals surface area contributed by atoms with E-state index in [0.29, 0.717) is 22.2 Å². The van der Waals surface area contributed by atoms with Crippen molar-refractivity contribution < 1.29 is 9.13 Å². The monoisotopic (exact) mass is 237 g/mol. The van der Waals surface area contributed by atoms with Crippen molar-refractivity contribution in [2.75, 3.05) is 5.73 Å². The Labute approximate surface area is 97.4 Å². The zero-order chi connectivity index (χ0) is 11.5. The molecular formula is C12H9ClFNO. The zero-order valence-corrected chi connectivity index (χ0v) is 9.04. The Bertz CT molecular complexity index is 496. The molecule has 2 rings (SSSR count). The first-order valence-electron chi connectivity index (χ1n) is 4.63. The summed E-state index contributed by atoms with van der Waals surface area (Å²) in [5.41, 5.74) is 5.81. The first kappa shape index (κ1) is 10.8. The van der Waals surface area contributed by atoms with Crippen molar-refractivity contribution in [3.8, 4) is 11.5 Å². The lowest BCUT2D eigenvalue weighted by Gasteiger charge is -2.07. The Morgan fingerprint density at radius 3 is 2.56 bits per heavy atom. The van der Waals surface area contributed by atoms with E-state index in [4.69, 9.17) is 22.1 Å². The average molecular weight is 238 g/mol. The minimum atomic E-state index is -0.443. The summed E-state index contributed by atoms with van der Waals surface area (Å²) in [6.07, 6.45) is 0. The molecule has 0 aromatic heterocycles. The van der Waals surface area contributed by atoms with Crippen LogP contribution in [0.25, 0.3) is 0 Å². The van der Waals surface area contributed by atoms with Gasteiger partial charge in [-0.15, -0.1) is 0 Å². The van der Waals surface area contributed by atoms with E-state index in [0.717, 1.165) is 0 Å². The van der Waals surface area contributed by atoms with E-state index in [1.54, 1.807) is 24.3 Å². The van der Waals surface area contributed by atoms with Gasteiger partial charge in [-0.25, -0.2) is 4.39 Å². The molecule has 82 valence electrons. The van der Waals surface area contributed by atoms with Crippen LogP contribution in [0.5, 0.6) is 11.5 Å². The number of rotatable bonds is 2. The molecule has 0 spiro atoms. The first-order chi connectivity index (χ1) is 7.65. The summed E-state index contributed by atoms with van der Waals surface area (Å²) in [6, 6.07) is 11.0. The van der Waals surface area contributed by atoms with Gasteiger partial charge in [-0.1, -0.05) is 23.7 Å². The summed E-state index contributed by atoms with van der Waals surface area (Å²) in [5, 5.41) is 0.463. The molecule has 2 aromatic rings. The van der Waals surface area contributed by atoms with Crippen LogP contribution >= 0.6 is 11.6 Å². The SMILES string of the molecule is Nc1cc(F)cc(Oc2ccccc2Cl)c1. The number of hydrogen-bond acceptors (Lipinski definition) is 2. The van der Waals surface area contributed by atoms with Crippen LogP contribution < -0.4 is 10.5 Å². The number of hydrogen-bond donors (Lipinski definition) is 1. The molecule has 2 N–H and O–H groups in total. The van der Waals surface area contributed by atoms with Crippen LogP contribution in [0.4, 0.5) is 10.1 Å². The number of anilines is 1. The van der Waals surface area contributed by atoms with E-state index >= 15 is 0 Å². The summed E-state index contributed by atoms with van der Waals surface area (Å²) in [4.78, 5) is 0. The third-order valence-corrected chi connectivity index (χ3v) is 2.27. The molecule has 0 radical (unpaired) electrons. The maximum Gasteiger partial charge on any atom is 0.146 e. The lowest BCUT2D eigenvalue weighted by molar-refractivity contribution is 0.477. The predicted molar refractivity (Wildman–Crippen MR) is 62.3 cm³/mol. The lowest BCUT2D eigenvalue weighted by atomic mass is 10.3. The lowest BCUT2D eigenvalue weighted by Crippen LogP contribution is -1.90. The molecule has 16 heavy (non-hydrogen) atoms. The molecular weight excluding hydrogens is 229 g/mol. The van der Waals surface area contributed by atoms with Crippen LogP contribution in [0.3, 0.4) is 0 Å². The van der Waals surface area contributed by atoms with Gasteiger partial charge in [0.25, 0.3) is 0 Å². The maximum atomic E-state index is 13.0. The van der Waals surface area contributed by atoms with E-state index in [1.165, 1.54) is 18.2 Å². The second kappa shape index (κ2) is 4.41. The highest BCUT2D eigenvalue weighted by molar-refractivity contribution is 6.32. The highest BCUT2D eigenvalue weighted by atomic mass is 35.5. The summed E-state index contributed by atoms with van der Waals surface area (Å²) in [6.45, 7) is 0. The van der Waals surface area contributed by atoms with Crippen molar-refractivity contribution in [3.63, 3.8) is 0 Å². The Morgan fingerprint density at radius 1 is 1.12 bits per heavy atom. The van der Waals surface area contributed by atoms with Crippen LogP contribution in [0, 0.1) is 5.82 Å². The van der Waals surface area contributed by atoms with Crippen LogP contribution in [0.15, 0.2) is 42.5 Å². The number of halogens is 2. The summed E-state index contributed by atoms with van der Waals surface area (Å²) in [7, 11) is 0. The van der Waals surface area contributed by atoms with Gasteiger partial charge in [0, 0.05) is 17.8 Å². The van der Waals surface area contributed by atoms with Gasteiger partial charge in [-0.05, 0) is 18.2 Å². The van der Waals surface area contributed by atoms with Gasteiger partial charge in [0.2, 0.25) is 0 Å². The third-order valence-electron chi connectivity index (χ3n) is 1.96. The average Bonchev–Trinajstić information content (AvgIpc) is 2.20. The Kier molecular flexibility index (Phi) is 2.97. The molecule has 0 atom stereocenters. The summed E-state index contributed by atoms with van der Waals surface area (Å²) >= 11 is 5.90. The smallest absolute Gasteiger partial charge is 0.146 e. The molecule has 0 unspecified atom stereocenters. The molecule has 0 heterocycles. The molecule has 0 fully saturated rings. The molecule has 4 heteroatoms. The minimum Gasteiger partial charge on any atom is -0.456 e. The molecule has 0 aliphatic rings. The third kappa shape index (κ3) is 2.44. The van der Waals surface area contributed by atoms with E-state index in [1.807, 2.05) is 0 Å². The standard InChI is InChI=1S/C12H9ClFNO/c13-11-3-1-2-4-12(11)16-10-6-8(14)5-9(15)7-10/h1-7H,15H2. The number of nitrogen functional groups attached to an aromatic ring is 1. The molecule has 0 amide bonds. The topological polar surface area (TPSA) is 35.2 Å². The summed E-state index contributed by atoms with van der Waals surface area (Å²) in [5.74, 6) is 0.349. The van der Waals surface area contributed by atoms with Gasteiger partial charge in [0.1, 0.15) is 17.3 Å². The highest BCUT2D eigenvalue weighted by Crippen LogP contribution is 2.30. The highest BCUT2D eigenvalue weighted by Gasteiger charge is 2.04. The van der Waals surface area contributed by atoms with Crippen LogP contribution in [0.1, 0.15) is 0 Å².